The highest BCUT2D eigenvalue weighted by Crippen LogP contribution is 2.10. The quantitative estimate of drug-likeness (QED) is 0.545. The molecular formula is C18H22N4O3. The second kappa shape index (κ2) is 9.92. The molecule has 1 aromatic heterocycles. The van der Waals surface area contributed by atoms with Crippen LogP contribution in [0.4, 0.5) is 4.79 Å². The minimum Gasteiger partial charge on any atom is -0.508 e. The number of amides is 3. The standard InChI is InChI=1S/C18H22N4O3/c23-16-7-3-5-14(13-16)17(24)20-10-4-11-21-18(25)22-12-8-15-6-1-2-9-19-15/h1-3,5-7,9,13,23H,4,8,10-12H2,(H,20,24)(H2,21,22,25). The largest absolute Gasteiger partial charge is 0.508 e. The van der Waals surface area contributed by atoms with Crippen molar-refractivity contribution in [2.24, 2.45) is 0 Å². The lowest BCUT2D eigenvalue weighted by Gasteiger charge is -2.08. The van der Waals surface area contributed by atoms with Crippen molar-refractivity contribution < 1.29 is 14.7 Å². The van der Waals surface area contributed by atoms with Crippen LogP contribution in [0.3, 0.4) is 0 Å². The molecule has 0 saturated heterocycles. The molecule has 25 heavy (non-hydrogen) atoms. The topological polar surface area (TPSA) is 103 Å². The molecule has 0 atom stereocenters. The summed E-state index contributed by atoms with van der Waals surface area (Å²) >= 11 is 0. The third kappa shape index (κ3) is 6.90. The van der Waals surface area contributed by atoms with Gasteiger partial charge >= 0.3 is 6.03 Å². The second-order valence-electron chi connectivity index (χ2n) is 5.41. The average molecular weight is 342 g/mol. The first kappa shape index (κ1) is 18.3. The number of carbonyl (C=O) groups excluding carboxylic acids is 2. The first-order chi connectivity index (χ1) is 12.1. The molecule has 2 rings (SSSR count). The Labute approximate surface area is 146 Å². The van der Waals surface area contributed by atoms with Crippen molar-refractivity contribution in [2.75, 3.05) is 19.6 Å². The van der Waals surface area contributed by atoms with Crippen LogP contribution in [0.2, 0.25) is 0 Å². The normalized spacial score (nSPS) is 10.1. The summed E-state index contributed by atoms with van der Waals surface area (Å²) in [7, 11) is 0. The summed E-state index contributed by atoms with van der Waals surface area (Å²) in [6.07, 6.45) is 3.01. The van der Waals surface area contributed by atoms with Gasteiger partial charge in [-0.15, -0.1) is 0 Å². The van der Waals surface area contributed by atoms with Crippen molar-refractivity contribution in [3.05, 3.63) is 59.9 Å². The van der Waals surface area contributed by atoms with Crippen molar-refractivity contribution >= 4 is 11.9 Å². The summed E-state index contributed by atoms with van der Waals surface area (Å²) in [5, 5.41) is 17.6. The number of benzene rings is 1. The van der Waals surface area contributed by atoms with Crippen LogP contribution in [0.25, 0.3) is 0 Å². The van der Waals surface area contributed by atoms with Crippen LogP contribution < -0.4 is 16.0 Å². The Balaban J connectivity index is 1.53. The number of aromatic hydroxyl groups is 1. The zero-order valence-electron chi connectivity index (χ0n) is 13.9. The van der Waals surface area contributed by atoms with Gasteiger partial charge in [-0.05, 0) is 36.8 Å². The molecule has 7 heteroatoms. The highest BCUT2D eigenvalue weighted by Gasteiger charge is 2.05. The molecule has 0 aliphatic rings. The molecule has 2 aromatic rings. The number of rotatable bonds is 8. The van der Waals surface area contributed by atoms with Gasteiger partial charge in [-0.3, -0.25) is 9.78 Å². The molecule has 0 saturated carbocycles. The summed E-state index contributed by atoms with van der Waals surface area (Å²) in [6.45, 7) is 1.40. The third-order valence-electron chi connectivity index (χ3n) is 3.43. The van der Waals surface area contributed by atoms with Crippen molar-refractivity contribution in [1.82, 2.24) is 20.9 Å². The maximum absolute atomic E-state index is 11.8. The van der Waals surface area contributed by atoms with Crippen LogP contribution in [0.1, 0.15) is 22.5 Å². The number of nitrogens with zero attached hydrogens (tertiary/aromatic N) is 1. The van der Waals surface area contributed by atoms with Crippen molar-refractivity contribution in [3.8, 4) is 5.75 Å². The Kier molecular flexibility index (Phi) is 7.24. The molecule has 0 spiro atoms. The Morgan fingerprint density at radius 2 is 1.76 bits per heavy atom. The monoisotopic (exact) mass is 342 g/mol. The van der Waals surface area contributed by atoms with E-state index in [1.807, 2.05) is 18.2 Å². The number of pyridine rings is 1. The molecule has 132 valence electrons. The fourth-order valence-corrected chi connectivity index (χ4v) is 2.15. The van der Waals surface area contributed by atoms with Crippen LogP contribution in [0, 0.1) is 0 Å². The van der Waals surface area contributed by atoms with E-state index in [1.165, 1.54) is 12.1 Å². The van der Waals surface area contributed by atoms with Gasteiger partial charge in [-0.1, -0.05) is 12.1 Å². The lowest BCUT2D eigenvalue weighted by atomic mass is 10.2. The fourth-order valence-electron chi connectivity index (χ4n) is 2.15. The zero-order chi connectivity index (χ0) is 17.9. The van der Waals surface area contributed by atoms with Crippen molar-refractivity contribution in [3.63, 3.8) is 0 Å². The smallest absolute Gasteiger partial charge is 0.314 e. The molecule has 7 nitrogen and oxygen atoms in total. The maximum Gasteiger partial charge on any atom is 0.314 e. The number of hydrogen-bond donors (Lipinski definition) is 4. The molecule has 0 aliphatic heterocycles. The van der Waals surface area contributed by atoms with Gasteiger partial charge < -0.3 is 21.1 Å². The second-order valence-corrected chi connectivity index (χ2v) is 5.41. The van der Waals surface area contributed by atoms with Gasteiger partial charge in [0.1, 0.15) is 5.75 Å². The van der Waals surface area contributed by atoms with Crippen LogP contribution in [0.15, 0.2) is 48.7 Å². The van der Waals surface area contributed by atoms with Gasteiger partial charge in [0, 0.05) is 43.5 Å². The summed E-state index contributed by atoms with van der Waals surface area (Å²) in [5.74, 6) is -0.201. The Morgan fingerprint density at radius 1 is 0.960 bits per heavy atom. The molecule has 4 N–H and O–H groups in total. The van der Waals surface area contributed by atoms with Crippen molar-refractivity contribution in [2.45, 2.75) is 12.8 Å². The van der Waals surface area contributed by atoms with E-state index in [4.69, 9.17) is 0 Å². The van der Waals surface area contributed by atoms with Gasteiger partial charge in [0.25, 0.3) is 5.91 Å². The van der Waals surface area contributed by atoms with E-state index in [1.54, 1.807) is 18.3 Å². The minimum atomic E-state index is -0.254. The molecule has 0 unspecified atom stereocenters. The van der Waals surface area contributed by atoms with E-state index >= 15 is 0 Å². The van der Waals surface area contributed by atoms with Crippen LogP contribution >= 0.6 is 0 Å². The van der Waals surface area contributed by atoms with E-state index in [0.29, 0.717) is 38.0 Å². The van der Waals surface area contributed by atoms with Gasteiger partial charge in [-0.25, -0.2) is 4.79 Å². The first-order valence-corrected chi connectivity index (χ1v) is 8.14. The molecule has 0 aliphatic carbocycles. The Hall–Kier alpha value is -3.09. The third-order valence-corrected chi connectivity index (χ3v) is 3.43. The van der Waals surface area contributed by atoms with E-state index < -0.39 is 0 Å². The van der Waals surface area contributed by atoms with Gasteiger partial charge in [0.15, 0.2) is 0 Å². The predicted molar refractivity (Wildman–Crippen MR) is 94.4 cm³/mol. The molecule has 1 heterocycles. The van der Waals surface area contributed by atoms with Crippen molar-refractivity contribution in [1.29, 1.82) is 0 Å². The fraction of sp³-hybridized carbons (Fsp3) is 0.278. The van der Waals surface area contributed by atoms with E-state index in [-0.39, 0.29) is 17.7 Å². The van der Waals surface area contributed by atoms with Crippen LogP contribution in [-0.4, -0.2) is 41.7 Å². The number of phenols is 1. The molecule has 3 amide bonds. The summed E-state index contributed by atoms with van der Waals surface area (Å²) in [6, 6.07) is 11.6. The highest BCUT2D eigenvalue weighted by atomic mass is 16.3. The Morgan fingerprint density at radius 3 is 2.52 bits per heavy atom. The lowest BCUT2D eigenvalue weighted by molar-refractivity contribution is 0.0953. The van der Waals surface area contributed by atoms with Gasteiger partial charge in [0.05, 0.1) is 0 Å². The molecule has 1 aromatic carbocycles. The van der Waals surface area contributed by atoms with E-state index in [0.717, 1.165) is 5.69 Å². The molecule has 0 bridgehead atoms. The van der Waals surface area contributed by atoms with Gasteiger partial charge in [-0.2, -0.15) is 0 Å². The number of hydrogen-bond acceptors (Lipinski definition) is 4. The average Bonchev–Trinajstić information content (AvgIpc) is 2.62. The Bertz CT molecular complexity index is 692. The molecule has 0 fully saturated rings. The first-order valence-electron chi connectivity index (χ1n) is 8.14. The lowest BCUT2D eigenvalue weighted by Crippen LogP contribution is -2.38. The summed E-state index contributed by atoms with van der Waals surface area (Å²) in [4.78, 5) is 27.7. The number of carbonyl (C=O) groups is 2. The predicted octanol–water partition coefficient (Wildman–Crippen LogP) is 1.45. The van der Waals surface area contributed by atoms with E-state index in [2.05, 4.69) is 20.9 Å². The van der Waals surface area contributed by atoms with Crippen LogP contribution in [-0.2, 0) is 6.42 Å². The summed E-state index contributed by atoms with van der Waals surface area (Å²) < 4.78 is 0. The number of urea groups is 1. The van der Waals surface area contributed by atoms with Crippen LogP contribution in [0.5, 0.6) is 5.75 Å². The number of aromatic nitrogens is 1. The highest BCUT2D eigenvalue weighted by molar-refractivity contribution is 5.94. The SMILES string of the molecule is O=C(NCCCNC(=O)c1cccc(O)c1)NCCc1ccccn1. The van der Waals surface area contributed by atoms with E-state index in [9.17, 15) is 14.7 Å². The zero-order valence-corrected chi connectivity index (χ0v) is 13.9. The summed E-state index contributed by atoms with van der Waals surface area (Å²) in [5.41, 5.74) is 1.33. The van der Waals surface area contributed by atoms with Gasteiger partial charge in [0.2, 0.25) is 0 Å². The molecule has 0 radical (unpaired) electrons. The number of nitrogens with one attached hydrogen (secondary N) is 3. The maximum atomic E-state index is 11.8. The minimum absolute atomic E-state index is 0.0525. The number of phenolic OH excluding ortho intramolecular Hbond substituents is 1. The molecular weight excluding hydrogens is 320 g/mol.